The van der Waals surface area contributed by atoms with Crippen molar-refractivity contribution in [1.29, 1.82) is 0 Å². The van der Waals surface area contributed by atoms with Gasteiger partial charge in [-0.25, -0.2) is 14.4 Å². The summed E-state index contributed by atoms with van der Waals surface area (Å²) in [7, 11) is 0. The SMILES string of the molecule is O=c1c2ccccc2nc2c3ccc(Cl)cc3ncn12. The summed E-state index contributed by atoms with van der Waals surface area (Å²) >= 11 is 5.97. The van der Waals surface area contributed by atoms with Crippen LogP contribution < -0.4 is 5.56 Å². The highest BCUT2D eigenvalue weighted by molar-refractivity contribution is 6.31. The Kier molecular flexibility index (Phi) is 2.28. The van der Waals surface area contributed by atoms with Crippen molar-refractivity contribution in [2.24, 2.45) is 0 Å². The number of aromatic nitrogens is 3. The predicted molar refractivity (Wildman–Crippen MR) is 79.3 cm³/mol. The summed E-state index contributed by atoms with van der Waals surface area (Å²) in [6.45, 7) is 0. The fraction of sp³-hybridized carbons (Fsp3) is 0. The van der Waals surface area contributed by atoms with E-state index in [1.165, 1.54) is 10.7 Å². The first-order valence-electron chi connectivity index (χ1n) is 6.09. The third-order valence-electron chi connectivity index (χ3n) is 3.32. The smallest absolute Gasteiger partial charge is 0.266 e. The van der Waals surface area contributed by atoms with Gasteiger partial charge in [-0.2, -0.15) is 0 Å². The molecule has 0 fully saturated rings. The molecular formula is C15H8ClN3O. The first-order valence-corrected chi connectivity index (χ1v) is 6.47. The minimum absolute atomic E-state index is 0.116. The Balaban J connectivity index is 2.31. The maximum absolute atomic E-state index is 12.5. The van der Waals surface area contributed by atoms with Gasteiger partial charge >= 0.3 is 0 Å². The summed E-state index contributed by atoms with van der Waals surface area (Å²) in [5.74, 6) is 0. The molecule has 0 bridgehead atoms. The molecule has 0 saturated heterocycles. The summed E-state index contributed by atoms with van der Waals surface area (Å²) in [5, 5.41) is 2.00. The van der Waals surface area contributed by atoms with Crippen molar-refractivity contribution in [2.45, 2.75) is 0 Å². The molecule has 0 radical (unpaired) electrons. The molecule has 4 rings (SSSR count). The Morgan fingerprint density at radius 1 is 1.00 bits per heavy atom. The molecule has 2 heterocycles. The quantitative estimate of drug-likeness (QED) is 0.368. The van der Waals surface area contributed by atoms with E-state index in [0.717, 1.165) is 10.9 Å². The summed E-state index contributed by atoms with van der Waals surface area (Å²) in [6, 6.07) is 12.7. The van der Waals surface area contributed by atoms with E-state index >= 15 is 0 Å². The van der Waals surface area contributed by atoms with Crippen LogP contribution in [0.25, 0.3) is 27.5 Å². The molecule has 0 aliphatic rings. The molecule has 4 aromatic rings. The van der Waals surface area contributed by atoms with Crippen LogP contribution >= 0.6 is 11.6 Å². The van der Waals surface area contributed by atoms with E-state index in [-0.39, 0.29) is 5.56 Å². The maximum atomic E-state index is 12.5. The molecular weight excluding hydrogens is 274 g/mol. The Morgan fingerprint density at radius 3 is 2.75 bits per heavy atom. The van der Waals surface area contributed by atoms with E-state index < -0.39 is 0 Å². The van der Waals surface area contributed by atoms with Crippen LogP contribution in [0.5, 0.6) is 0 Å². The van der Waals surface area contributed by atoms with E-state index in [1.54, 1.807) is 18.2 Å². The summed E-state index contributed by atoms with van der Waals surface area (Å²) in [4.78, 5) is 21.3. The Morgan fingerprint density at radius 2 is 1.85 bits per heavy atom. The topological polar surface area (TPSA) is 47.3 Å². The minimum Gasteiger partial charge on any atom is -0.268 e. The Labute approximate surface area is 118 Å². The highest BCUT2D eigenvalue weighted by Gasteiger charge is 2.08. The highest BCUT2D eigenvalue weighted by Crippen LogP contribution is 2.21. The Bertz CT molecular complexity index is 1040. The maximum Gasteiger partial charge on any atom is 0.266 e. The van der Waals surface area contributed by atoms with Crippen molar-refractivity contribution in [3.63, 3.8) is 0 Å². The van der Waals surface area contributed by atoms with E-state index in [1.807, 2.05) is 24.3 Å². The van der Waals surface area contributed by atoms with Gasteiger partial charge in [0.05, 0.1) is 16.4 Å². The summed E-state index contributed by atoms with van der Waals surface area (Å²) < 4.78 is 1.47. The number of fused-ring (bicyclic) bond motifs is 4. The van der Waals surface area contributed by atoms with Crippen molar-refractivity contribution in [1.82, 2.24) is 14.4 Å². The lowest BCUT2D eigenvalue weighted by Gasteiger charge is -2.06. The molecule has 0 saturated carbocycles. The van der Waals surface area contributed by atoms with Crippen molar-refractivity contribution in [3.05, 3.63) is 64.2 Å². The number of rotatable bonds is 0. The van der Waals surface area contributed by atoms with Crippen LogP contribution in [0.15, 0.2) is 53.6 Å². The zero-order chi connectivity index (χ0) is 13.7. The molecule has 2 aromatic carbocycles. The minimum atomic E-state index is -0.116. The summed E-state index contributed by atoms with van der Waals surface area (Å²) in [5.41, 5.74) is 1.88. The van der Waals surface area contributed by atoms with Crippen molar-refractivity contribution in [3.8, 4) is 0 Å². The van der Waals surface area contributed by atoms with Gasteiger partial charge in [0, 0.05) is 10.4 Å². The second-order valence-electron chi connectivity index (χ2n) is 4.53. The predicted octanol–water partition coefficient (Wildman–Crippen LogP) is 3.05. The lowest BCUT2D eigenvalue weighted by Crippen LogP contribution is -2.15. The van der Waals surface area contributed by atoms with Crippen molar-refractivity contribution >= 4 is 39.1 Å². The molecule has 0 amide bonds. The molecule has 0 N–H and O–H groups in total. The monoisotopic (exact) mass is 281 g/mol. The van der Waals surface area contributed by atoms with Gasteiger partial charge in [-0.15, -0.1) is 0 Å². The number of nitrogens with zero attached hydrogens (tertiary/aromatic N) is 3. The van der Waals surface area contributed by atoms with E-state index in [4.69, 9.17) is 11.6 Å². The van der Waals surface area contributed by atoms with Crippen molar-refractivity contribution in [2.75, 3.05) is 0 Å². The van der Waals surface area contributed by atoms with E-state index in [2.05, 4.69) is 9.97 Å². The Hall–Kier alpha value is -2.46. The molecule has 20 heavy (non-hydrogen) atoms. The van der Waals surface area contributed by atoms with Crippen LogP contribution in [0.3, 0.4) is 0 Å². The van der Waals surface area contributed by atoms with Gasteiger partial charge in [-0.05, 0) is 30.3 Å². The van der Waals surface area contributed by atoms with Gasteiger partial charge in [0.15, 0.2) is 5.65 Å². The molecule has 96 valence electrons. The highest BCUT2D eigenvalue weighted by atomic mass is 35.5. The van der Waals surface area contributed by atoms with Crippen LogP contribution in [0.2, 0.25) is 5.02 Å². The normalized spacial score (nSPS) is 11.4. The average Bonchev–Trinajstić information content (AvgIpc) is 2.47. The molecule has 5 heteroatoms. The lowest BCUT2D eigenvalue weighted by atomic mass is 10.2. The largest absolute Gasteiger partial charge is 0.268 e. The zero-order valence-corrected chi connectivity index (χ0v) is 11.0. The van der Waals surface area contributed by atoms with Gasteiger partial charge in [0.2, 0.25) is 0 Å². The van der Waals surface area contributed by atoms with Crippen LogP contribution in [0.1, 0.15) is 0 Å². The van der Waals surface area contributed by atoms with Crippen LogP contribution in [0, 0.1) is 0 Å². The fourth-order valence-corrected chi connectivity index (χ4v) is 2.53. The number of benzene rings is 2. The molecule has 0 aliphatic heterocycles. The molecule has 0 spiro atoms. The van der Waals surface area contributed by atoms with Crippen LogP contribution in [-0.2, 0) is 0 Å². The van der Waals surface area contributed by atoms with Crippen LogP contribution in [0.4, 0.5) is 0 Å². The van der Waals surface area contributed by atoms with Gasteiger partial charge in [0.1, 0.15) is 6.33 Å². The average molecular weight is 282 g/mol. The standard InChI is InChI=1S/C15H8ClN3O/c16-9-5-6-10-13(7-9)17-8-19-14(10)18-12-4-2-1-3-11(12)15(19)20/h1-8H. The number of hydrogen-bond acceptors (Lipinski definition) is 3. The first kappa shape index (κ1) is 11.4. The number of para-hydroxylation sites is 1. The van der Waals surface area contributed by atoms with Gasteiger partial charge < -0.3 is 0 Å². The zero-order valence-electron chi connectivity index (χ0n) is 10.2. The van der Waals surface area contributed by atoms with Crippen molar-refractivity contribution < 1.29 is 0 Å². The third kappa shape index (κ3) is 1.52. The number of hydrogen-bond donors (Lipinski definition) is 0. The molecule has 4 nitrogen and oxygen atoms in total. The number of halogens is 1. The lowest BCUT2D eigenvalue weighted by molar-refractivity contribution is 1.04. The van der Waals surface area contributed by atoms with Gasteiger partial charge in [-0.1, -0.05) is 23.7 Å². The fourth-order valence-electron chi connectivity index (χ4n) is 2.36. The molecule has 0 unspecified atom stereocenters. The third-order valence-corrected chi connectivity index (χ3v) is 3.56. The summed E-state index contributed by atoms with van der Waals surface area (Å²) in [6.07, 6.45) is 1.50. The van der Waals surface area contributed by atoms with Gasteiger partial charge in [-0.3, -0.25) is 4.79 Å². The molecule has 0 atom stereocenters. The molecule has 2 aromatic heterocycles. The van der Waals surface area contributed by atoms with Crippen LogP contribution in [-0.4, -0.2) is 14.4 Å². The van der Waals surface area contributed by atoms with E-state index in [9.17, 15) is 4.79 Å². The molecule has 0 aliphatic carbocycles. The second kappa shape index (κ2) is 4.02. The van der Waals surface area contributed by atoms with E-state index in [0.29, 0.717) is 21.6 Å². The second-order valence-corrected chi connectivity index (χ2v) is 4.97. The van der Waals surface area contributed by atoms with Gasteiger partial charge in [0.25, 0.3) is 5.56 Å². The first-order chi connectivity index (χ1) is 9.74.